The molecule has 3 aliphatic rings. The lowest BCUT2D eigenvalue weighted by Crippen LogP contribution is -2.43. The number of carbonyl (C=O) groups excluding carboxylic acids is 1. The number of anilines is 3. The van der Waals surface area contributed by atoms with Crippen molar-refractivity contribution >= 4 is 40.3 Å². The SMILES string of the molecule is CC(=O)c1c(C)c2cnc(Nc3ncc(N4CCNCC4)c4c3CC=C4)nc2n(C2CCCC2)c1=O. The summed E-state index contributed by atoms with van der Waals surface area (Å²) < 4.78 is 1.74. The highest BCUT2D eigenvalue weighted by Crippen LogP contribution is 2.35. The number of nitrogens with zero attached hydrogens (tertiary/aromatic N) is 5. The van der Waals surface area contributed by atoms with Crippen molar-refractivity contribution in [2.45, 2.75) is 52.0 Å². The average molecular weight is 486 g/mol. The number of allylic oxidation sites excluding steroid dienone is 1. The van der Waals surface area contributed by atoms with Crippen LogP contribution in [0.5, 0.6) is 0 Å². The van der Waals surface area contributed by atoms with Crippen LogP contribution < -0.4 is 21.1 Å². The normalized spacial score (nSPS) is 17.7. The smallest absolute Gasteiger partial charge is 0.263 e. The number of hydrogen-bond acceptors (Lipinski definition) is 8. The first kappa shape index (κ1) is 22.8. The van der Waals surface area contributed by atoms with E-state index in [1.807, 2.05) is 13.1 Å². The molecule has 0 spiro atoms. The molecule has 1 aliphatic heterocycles. The van der Waals surface area contributed by atoms with Crippen LogP contribution in [0, 0.1) is 6.92 Å². The van der Waals surface area contributed by atoms with Crippen LogP contribution >= 0.6 is 0 Å². The Morgan fingerprint density at radius 3 is 2.67 bits per heavy atom. The maximum atomic E-state index is 13.5. The molecule has 3 aromatic heterocycles. The fraction of sp³-hybridized carbons (Fsp3) is 0.444. The van der Waals surface area contributed by atoms with Gasteiger partial charge in [0.2, 0.25) is 5.95 Å². The van der Waals surface area contributed by atoms with Crippen LogP contribution in [0.15, 0.2) is 23.3 Å². The molecule has 0 unspecified atom stereocenters. The zero-order valence-electron chi connectivity index (χ0n) is 20.8. The third kappa shape index (κ3) is 3.78. The van der Waals surface area contributed by atoms with Gasteiger partial charge < -0.3 is 15.5 Å². The van der Waals surface area contributed by atoms with Crippen molar-refractivity contribution in [3.05, 3.63) is 51.1 Å². The second kappa shape index (κ2) is 9.13. The van der Waals surface area contributed by atoms with Crippen molar-refractivity contribution in [2.24, 2.45) is 0 Å². The van der Waals surface area contributed by atoms with E-state index >= 15 is 0 Å². The zero-order valence-corrected chi connectivity index (χ0v) is 20.8. The number of aromatic nitrogens is 4. The predicted molar refractivity (Wildman–Crippen MR) is 141 cm³/mol. The molecule has 6 rings (SSSR count). The summed E-state index contributed by atoms with van der Waals surface area (Å²) in [6.45, 7) is 7.12. The largest absolute Gasteiger partial charge is 0.367 e. The summed E-state index contributed by atoms with van der Waals surface area (Å²) in [7, 11) is 0. The Labute approximate surface area is 209 Å². The number of fused-ring (bicyclic) bond motifs is 2. The third-order valence-electron chi connectivity index (χ3n) is 7.75. The number of pyridine rings is 2. The van der Waals surface area contributed by atoms with Crippen LogP contribution in [-0.4, -0.2) is 51.5 Å². The maximum absolute atomic E-state index is 13.5. The molecule has 0 atom stereocenters. The molecule has 2 aliphatic carbocycles. The van der Waals surface area contributed by atoms with Gasteiger partial charge in [0, 0.05) is 54.9 Å². The van der Waals surface area contributed by atoms with Crippen molar-refractivity contribution in [2.75, 3.05) is 36.4 Å². The van der Waals surface area contributed by atoms with Gasteiger partial charge in [-0.25, -0.2) is 9.97 Å². The molecular weight excluding hydrogens is 454 g/mol. The van der Waals surface area contributed by atoms with Crippen LogP contribution in [-0.2, 0) is 6.42 Å². The van der Waals surface area contributed by atoms with Gasteiger partial charge in [0.25, 0.3) is 5.56 Å². The first-order valence-electron chi connectivity index (χ1n) is 12.9. The Bertz CT molecular complexity index is 1450. The number of rotatable bonds is 5. The molecule has 2 N–H and O–H groups in total. The minimum Gasteiger partial charge on any atom is -0.367 e. The summed E-state index contributed by atoms with van der Waals surface area (Å²) in [6, 6.07) is 0.0475. The molecule has 2 fully saturated rings. The Balaban J connectivity index is 1.42. The molecule has 36 heavy (non-hydrogen) atoms. The molecule has 0 bridgehead atoms. The number of carbonyl (C=O) groups is 1. The van der Waals surface area contributed by atoms with Crippen molar-refractivity contribution in [1.82, 2.24) is 24.8 Å². The van der Waals surface area contributed by atoms with Gasteiger partial charge in [-0.05, 0) is 38.7 Å². The highest BCUT2D eigenvalue weighted by molar-refractivity contribution is 5.99. The third-order valence-corrected chi connectivity index (χ3v) is 7.75. The molecule has 0 amide bonds. The highest BCUT2D eigenvalue weighted by Gasteiger charge is 2.26. The van der Waals surface area contributed by atoms with Crippen LogP contribution in [0.2, 0.25) is 0 Å². The molecule has 4 heterocycles. The summed E-state index contributed by atoms with van der Waals surface area (Å²) in [5.41, 5.74) is 4.71. The lowest BCUT2D eigenvalue weighted by atomic mass is 10.0. The molecular formula is C27H31N7O2. The molecule has 1 saturated heterocycles. The van der Waals surface area contributed by atoms with Gasteiger partial charge in [0.1, 0.15) is 11.5 Å². The van der Waals surface area contributed by atoms with Gasteiger partial charge in [-0.2, -0.15) is 4.98 Å². The van der Waals surface area contributed by atoms with Crippen molar-refractivity contribution in [3.63, 3.8) is 0 Å². The van der Waals surface area contributed by atoms with E-state index in [1.165, 1.54) is 12.5 Å². The van der Waals surface area contributed by atoms with E-state index in [2.05, 4.69) is 32.7 Å². The van der Waals surface area contributed by atoms with Gasteiger partial charge >= 0.3 is 0 Å². The van der Waals surface area contributed by atoms with E-state index in [9.17, 15) is 9.59 Å². The monoisotopic (exact) mass is 485 g/mol. The van der Waals surface area contributed by atoms with E-state index in [0.717, 1.165) is 80.7 Å². The molecule has 0 radical (unpaired) electrons. The first-order chi connectivity index (χ1) is 17.5. The number of Topliss-reactive ketones (excluding diaryl/α,β-unsaturated/α-hetero) is 1. The Hall–Kier alpha value is -3.59. The number of nitrogens with one attached hydrogen (secondary N) is 2. The summed E-state index contributed by atoms with van der Waals surface area (Å²) >= 11 is 0. The fourth-order valence-electron chi connectivity index (χ4n) is 5.92. The lowest BCUT2D eigenvalue weighted by Gasteiger charge is -2.31. The number of aryl methyl sites for hydroxylation is 1. The molecule has 186 valence electrons. The molecule has 9 nitrogen and oxygen atoms in total. The second-order valence-corrected chi connectivity index (χ2v) is 9.95. The van der Waals surface area contributed by atoms with Crippen molar-refractivity contribution < 1.29 is 4.79 Å². The molecule has 0 aromatic carbocycles. The molecule has 1 saturated carbocycles. The number of piperazine rings is 1. The van der Waals surface area contributed by atoms with Crippen LogP contribution in [0.4, 0.5) is 17.5 Å². The average Bonchev–Trinajstić information content (AvgIpc) is 3.58. The Morgan fingerprint density at radius 1 is 1.14 bits per heavy atom. The summed E-state index contributed by atoms with van der Waals surface area (Å²) in [5.74, 6) is 0.922. The van der Waals surface area contributed by atoms with Crippen LogP contribution in [0.1, 0.15) is 65.7 Å². The van der Waals surface area contributed by atoms with E-state index in [1.54, 1.807) is 10.8 Å². The van der Waals surface area contributed by atoms with E-state index in [-0.39, 0.29) is 22.9 Å². The van der Waals surface area contributed by atoms with Crippen molar-refractivity contribution in [3.8, 4) is 0 Å². The van der Waals surface area contributed by atoms with E-state index in [0.29, 0.717) is 17.2 Å². The fourth-order valence-corrected chi connectivity index (χ4v) is 5.92. The Morgan fingerprint density at radius 2 is 1.92 bits per heavy atom. The first-order valence-corrected chi connectivity index (χ1v) is 12.9. The summed E-state index contributed by atoms with van der Waals surface area (Å²) in [5, 5.41) is 7.48. The molecule has 3 aromatic rings. The Kier molecular flexibility index (Phi) is 5.79. The second-order valence-electron chi connectivity index (χ2n) is 9.95. The predicted octanol–water partition coefficient (Wildman–Crippen LogP) is 3.54. The van der Waals surface area contributed by atoms with Crippen LogP contribution in [0.25, 0.3) is 17.1 Å². The van der Waals surface area contributed by atoms with E-state index in [4.69, 9.17) is 9.97 Å². The van der Waals surface area contributed by atoms with Gasteiger partial charge in [-0.15, -0.1) is 0 Å². The van der Waals surface area contributed by atoms with Crippen molar-refractivity contribution in [1.29, 1.82) is 0 Å². The molecule has 9 heteroatoms. The van der Waals surface area contributed by atoms with Gasteiger partial charge in [0.05, 0.1) is 17.4 Å². The van der Waals surface area contributed by atoms with Crippen LogP contribution in [0.3, 0.4) is 0 Å². The van der Waals surface area contributed by atoms with Gasteiger partial charge in [0.15, 0.2) is 5.78 Å². The topological polar surface area (TPSA) is 105 Å². The minimum absolute atomic E-state index is 0.0475. The minimum atomic E-state index is -0.243. The van der Waals surface area contributed by atoms with Gasteiger partial charge in [-0.3, -0.25) is 14.2 Å². The number of hydrogen-bond donors (Lipinski definition) is 2. The van der Waals surface area contributed by atoms with Gasteiger partial charge in [-0.1, -0.05) is 25.0 Å². The number of ketones is 1. The van der Waals surface area contributed by atoms with E-state index < -0.39 is 0 Å². The maximum Gasteiger partial charge on any atom is 0.263 e. The summed E-state index contributed by atoms with van der Waals surface area (Å²) in [4.78, 5) is 42.4. The standard InChI is InChI=1S/C27H31N7O2/c1-16-21-14-30-27(32-25(21)34(18-6-3-4-7-18)26(36)23(16)17(2)35)31-24-20-9-5-8-19(20)22(15-29-24)33-12-10-28-11-13-33/h5,8,14-15,18,28H,3-4,6-7,9-13H2,1-2H3,(H,29,30,31,32). The zero-order chi connectivity index (χ0) is 24.8. The summed E-state index contributed by atoms with van der Waals surface area (Å²) in [6.07, 6.45) is 12.8. The quantitative estimate of drug-likeness (QED) is 0.529. The lowest BCUT2D eigenvalue weighted by molar-refractivity contribution is 0.101. The highest BCUT2D eigenvalue weighted by atomic mass is 16.1.